The van der Waals surface area contributed by atoms with Crippen LogP contribution in [0.3, 0.4) is 0 Å². The molecule has 114 valence electrons. The van der Waals surface area contributed by atoms with E-state index < -0.39 is 0 Å². The van der Waals surface area contributed by atoms with E-state index in [4.69, 9.17) is 0 Å². The molecule has 2 aliphatic heterocycles. The summed E-state index contributed by atoms with van der Waals surface area (Å²) in [5.41, 5.74) is 2.55. The molecular formula is C18H21N3O. The molecular weight excluding hydrogens is 274 g/mol. The Labute approximate surface area is 130 Å². The van der Waals surface area contributed by atoms with Crippen molar-refractivity contribution in [3.8, 4) is 0 Å². The first-order valence-electron chi connectivity index (χ1n) is 7.95. The van der Waals surface area contributed by atoms with Crippen molar-refractivity contribution < 1.29 is 0 Å². The fourth-order valence-corrected chi connectivity index (χ4v) is 3.87. The van der Waals surface area contributed by atoms with Crippen LogP contribution in [-0.4, -0.2) is 23.2 Å². The summed E-state index contributed by atoms with van der Waals surface area (Å²) in [5, 5.41) is 7.27. The smallest absolute Gasteiger partial charge is 0.250 e. The SMILES string of the molecule is O=c1cccc2n1C[C@]1(NCc3ccccc3)CNC[C@H]2C1. The van der Waals surface area contributed by atoms with Crippen molar-refractivity contribution in [3.05, 3.63) is 70.1 Å². The summed E-state index contributed by atoms with van der Waals surface area (Å²) in [7, 11) is 0. The van der Waals surface area contributed by atoms with Gasteiger partial charge in [-0.15, -0.1) is 0 Å². The Hall–Kier alpha value is -1.91. The van der Waals surface area contributed by atoms with Crippen LogP contribution in [0.5, 0.6) is 0 Å². The summed E-state index contributed by atoms with van der Waals surface area (Å²) in [6.45, 7) is 3.46. The second-order valence-electron chi connectivity index (χ2n) is 6.53. The molecule has 2 atom stereocenters. The van der Waals surface area contributed by atoms with E-state index in [1.54, 1.807) is 6.07 Å². The van der Waals surface area contributed by atoms with Crippen molar-refractivity contribution in [2.45, 2.75) is 31.0 Å². The highest BCUT2D eigenvalue weighted by molar-refractivity contribution is 5.22. The lowest BCUT2D eigenvalue weighted by Crippen LogP contribution is -2.63. The van der Waals surface area contributed by atoms with Crippen molar-refractivity contribution >= 4 is 0 Å². The summed E-state index contributed by atoms with van der Waals surface area (Å²) in [6.07, 6.45) is 1.09. The lowest BCUT2D eigenvalue weighted by molar-refractivity contribution is 0.164. The fourth-order valence-electron chi connectivity index (χ4n) is 3.87. The third-order valence-corrected chi connectivity index (χ3v) is 4.96. The van der Waals surface area contributed by atoms with Gasteiger partial charge in [-0.05, 0) is 18.1 Å². The average Bonchev–Trinajstić information content (AvgIpc) is 2.56. The highest BCUT2D eigenvalue weighted by atomic mass is 16.1. The van der Waals surface area contributed by atoms with Crippen LogP contribution in [0.2, 0.25) is 0 Å². The van der Waals surface area contributed by atoms with Crippen LogP contribution in [0.1, 0.15) is 23.6 Å². The molecule has 0 aliphatic carbocycles. The van der Waals surface area contributed by atoms with E-state index >= 15 is 0 Å². The number of fused-ring (bicyclic) bond motifs is 4. The minimum atomic E-state index is -0.0308. The molecule has 1 aromatic heterocycles. The van der Waals surface area contributed by atoms with Gasteiger partial charge in [0.05, 0.1) is 0 Å². The van der Waals surface area contributed by atoms with Gasteiger partial charge in [0.25, 0.3) is 5.56 Å². The average molecular weight is 295 g/mol. The van der Waals surface area contributed by atoms with Gasteiger partial charge in [0.2, 0.25) is 0 Å². The molecule has 0 amide bonds. The van der Waals surface area contributed by atoms with Crippen LogP contribution in [0.4, 0.5) is 0 Å². The Morgan fingerprint density at radius 3 is 2.91 bits per heavy atom. The number of nitrogens with zero attached hydrogens (tertiary/aromatic N) is 1. The maximum Gasteiger partial charge on any atom is 0.250 e. The Morgan fingerprint density at radius 1 is 1.18 bits per heavy atom. The number of rotatable bonds is 3. The van der Waals surface area contributed by atoms with Crippen LogP contribution in [-0.2, 0) is 13.1 Å². The van der Waals surface area contributed by atoms with E-state index in [-0.39, 0.29) is 11.1 Å². The lowest BCUT2D eigenvalue weighted by Gasteiger charge is -2.47. The molecule has 2 aromatic rings. The predicted octanol–water partition coefficient (Wildman–Crippen LogP) is 1.47. The van der Waals surface area contributed by atoms with Crippen molar-refractivity contribution in [1.29, 1.82) is 0 Å². The minimum Gasteiger partial charge on any atom is -0.314 e. The van der Waals surface area contributed by atoms with E-state index in [0.29, 0.717) is 5.92 Å². The Kier molecular flexibility index (Phi) is 3.36. The number of nitrogens with one attached hydrogen (secondary N) is 2. The third kappa shape index (κ3) is 2.38. The zero-order valence-corrected chi connectivity index (χ0v) is 12.6. The van der Waals surface area contributed by atoms with Crippen LogP contribution >= 0.6 is 0 Å². The summed E-state index contributed by atoms with van der Waals surface area (Å²) in [6, 6.07) is 16.1. The van der Waals surface area contributed by atoms with Gasteiger partial charge < -0.3 is 15.2 Å². The van der Waals surface area contributed by atoms with E-state index in [1.807, 2.05) is 16.7 Å². The predicted molar refractivity (Wildman–Crippen MR) is 86.9 cm³/mol. The fraction of sp³-hybridized carbons (Fsp3) is 0.389. The molecule has 2 N–H and O–H groups in total. The second-order valence-corrected chi connectivity index (χ2v) is 6.53. The molecule has 0 saturated carbocycles. The van der Waals surface area contributed by atoms with Crippen LogP contribution < -0.4 is 16.2 Å². The van der Waals surface area contributed by atoms with Gasteiger partial charge >= 0.3 is 0 Å². The molecule has 1 fully saturated rings. The van der Waals surface area contributed by atoms with Gasteiger partial charge in [0.15, 0.2) is 0 Å². The molecule has 4 heteroatoms. The van der Waals surface area contributed by atoms with E-state index in [2.05, 4.69) is 41.0 Å². The Bertz CT molecular complexity index is 725. The summed E-state index contributed by atoms with van der Waals surface area (Å²) < 4.78 is 1.97. The molecule has 0 radical (unpaired) electrons. The van der Waals surface area contributed by atoms with Crippen molar-refractivity contribution in [3.63, 3.8) is 0 Å². The van der Waals surface area contributed by atoms with Gasteiger partial charge in [-0.3, -0.25) is 4.79 Å². The molecule has 0 spiro atoms. The maximum absolute atomic E-state index is 12.2. The molecule has 2 bridgehead atoms. The molecule has 0 unspecified atom stereocenters. The quantitative estimate of drug-likeness (QED) is 0.901. The van der Waals surface area contributed by atoms with Gasteiger partial charge in [0.1, 0.15) is 0 Å². The van der Waals surface area contributed by atoms with E-state index in [0.717, 1.165) is 32.6 Å². The monoisotopic (exact) mass is 295 g/mol. The molecule has 1 aromatic carbocycles. The van der Waals surface area contributed by atoms with E-state index in [9.17, 15) is 4.79 Å². The zero-order chi connectivity index (χ0) is 15.0. The topological polar surface area (TPSA) is 46.1 Å². The highest BCUT2D eigenvalue weighted by Crippen LogP contribution is 2.34. The number of pyridine rings is 1. The van der Waals surface area contributed by atoms with Crippen molar-refractivity contribution in [2.75, 3.05) is 13.1 Å². The van der Waals surface area contributed by atoms with Gasteiger partial charge in [-0.25, -0.2) is 0 Å². The van der Waals surface area contributed by atoms with Crippen molar-refractivity contribution in [2.24, 2.45) is 0 Å². The molecule has 4 rings (SSSR count). The number of aromatic nitrogens is 1. The minimum absolute atomic E-state index is 0.0308. The first-order chi connectivity index (χ1) is 10.8. The number of hydrogen-bond acceptors (Lipinski definition) is 3. The molecule has 1 saturated heterocycles. The maximum atomic E-state index is 12.2. The zero-order valence-electron chi connectivity index (χ0n) is 12.6. The van der Waals surface area contributed by atoms with Crippen LogP contribution in [0.15, 0.2) is 53.3 Å². The highest BCUT2D eigenvalue weighted by Gasteiger charge is 2.41. The van der Waals surface area contributed by atoms with Crippen molar-refractivity contribution in [1.82, 2.24) is 15.2 Å². The number of benzene rings is 1. The standard InChI is InChI=1S/C18H21N3O/c22-17-8-4-7-16-15-9-18(12-19-11-15,13-21(16)17)20-10-14-5-2-1-3-6-14/h1-8,15,19-20H,9-13H2/t15-,18-/m1/s1. The summed E-state index contributed by atoms with van der Waals surface area (Å²) in [4.78, 5) is 12.2. The summed E-state index contributed by atoms with van der Waals surface area (Å²) >= 11 is 0. The van der Waals surface area contributed by atoms with E-state index in [1.165, 1.54) is 11.3 Å². The normalized spacial score (nSPS) is 26.5. The number of piperidine rings is 1. The Balaban J connectivity index is 1.62. The first-order valence-corrected chi connectivity index (χ1v) is 7.95. The molecule has 2 aliphatic rings. The van der Waals surface area contributed by atoms with Gasteiger partial charge in [-0.1, -0.05) is 36.4 Å². The first kappa shape index (κ1) is 13.7. The number of hydrogen-bond donors (Lipinski definition) is 2. The van der Waals surface area contributed by atoms with Gasteiger partial charge in [0, 0.05) is 49.4 Å². The van der Waals surface area contributed by atoms with Crippen LogP contribution in [0.25, 0.3) is 0 Å². The molecule has 3 heterocycles. The molecule has 22 heavy (non-hydrogen) atoms. The van der Waals surface area contributed by atoms with Gasteiger partial charge in [-0.2, -0.15) is 0 Å². The lowest BCUT2D eigenvalue weighted by atomic mass is 9.78. The third-order valence-electron chi connectivity index (χ3n) is 4.96. The van der Waals surface area contributed by atoms with Crippen LogP contribution in [0, 0.1) is 0 Å². The Morgan fingerprint density at radius 2 is 2.05 bits per heavy atom. The molecule has 4 nitrogen and oxygen atoms in total. The second kappa shape index (κ2) is 5.38. The summed E-state index contributed by atoms with van der Waals surface area (Å²) in [5.74, 6) is 0.416. The largest absolute Gasteiger partial charge is 0.314 e.